The van der Waals surface area contributed by atoms with E-state index in [1.807, 2.05) is 49.5 Å². The molecule has 3 N–H and O–H groups in total. The monoisotopic (exact) mass is 464 g/mol. The summed E-state index contributed by atoms with van der Waals surface area (Å²) in [6, 6.07) is 15.7. The highest BCUT2D eigenvalue weighted by molar-refractivity contribution is 5.97. The zero-order valence-electron chi connectivity index (χ0n) is 19.7. The van der Waals surface area contributed by atoms with Crippen molar-refractivity contribution in [2.45, 2.75) is 13.3 Å². The Morgan fingerprint density at radius 2 is 2.03 bits per heavy atom. The average Bonchev–Trinajstić information content (AvgIpc) is 3.33. The van der Waals surface area contributed by atoms with E-state index in [0.717, 1.165) is 59.7 Å². The van der Waals surface area contributed by atoms with Gasteiger partial charge in [-0.2, -0.15) is 0 Å². The van der Waals surface area contributed by atoms with Crippen LogP contribution in [0.15, 0.2) is 48.5 Å². The molecule has 8 heteroatoms. The van der Waals surface area contributed by atoms with Crippen LogP contribution in [0.1, 0.15) is 13.3 Å². The van der Waals surface area contributed by atoms with Crippen molar-refractivity contribution >= 4 is 28.4 Å². The minimum absolute atomic E-state index is 0.189. The van der Waals surface area contributed by atoms with E-state index in [0.29, 0.717) is 18.9 Å². The first kappa shape index (κ1) is 23.8. The van der Waals surface area contributed by atoms with Crippen LogP contribution in [-0.4, -0.2) is 62.7 Å². The molecule has 4 rings (SSSR count). The fraction of sp³-hybridized carbons (Fsp3) is 0.385. The largest absolute Gasteiger partial charge is 0.492 e. The maximum absolute atomic E-state index is 11.9. The van der Waals surface area contributed by atoms with Crippen LogP contribution < -0.4 is 20.3 Å². The van der Waals surface area contributed by atoms with E-state index in [1.54, 1.807) is 6.92 Å². The van der Waals surface area contributed by atoms with Crippen molar-refractivity contribution < 1.29 is 19.4 Å². The Kier molecular flexibility index (Phi) is 7.82. The molecule has 34 heavy (non-hydrogen) atoms. The number of benzene rings is 2. The molecule has 0 aliphatic carbocycles. The Bertz CT molecular complexity index is 1120. The number of fused-ring (bicyclic) bond motifs is 1. The van der Waals surface area contributed by atoms with Crippen LogP contribution in [0.3, 0.4) is 0 Å². The molecule has 8 nitrogen and oxygen atoms in total. The number of nitrogens with one attached hydrogen (secondary N) is 2. The van der Waals surface area contributed by atoms with Gasteiger partial charge in [-0.25, -0.2) is 9.78 Å². The molecule has 0 radical (unpaired) electrons. The number of hydrogen-bond donors (Lipinski definition) is 3. The van der Waals surface area contributed by atoms with Crippen molar-refractivity contribution in [2.75, 3.05) is 56.7 Å². The lowest BCUT2D eigenvalue weighted by Crippen LogP contribution is -2.21. The van der Waals surface area contributed by atoms with Gasteiger partial charge in [0.1, 0.15) is 12.4 Å². The van der Waals surface area contributed by atoms with Crippen LogP contribution in [0.2, 0.25) is 0 Å². The van der Waals surface area contributed by atoms with E-state index in [-0.39, 0.29) is 12.5 Å². The predicted octanol–water partition coefficient (Wildman–Crippen LogP) is 3.89. The van der Waals surface area contributed by atoms with E-state index in [1.165, 1.54) is 0 Å². The number of nitrogens with zero attached hydrogens (tertiary/aromatic N) is 2. The van der Waals surface area contributed by atoms with Gasteiger partial charge in [0, 0.05) is 54.5 Å². The molecule has 0 saturated carbocycles. The van der Waals surface area contributed by atoms with Crippen molar-refractivity contribution in [1.29, 1.82) is 0 Å². The molecule has 1 unspecified atom stereocenters. The molecule has 1 atom stereocenters. The molecule has 3 aromatic rings. The fourth-order valence-electron chi connectivity index (χ4n) is 4.18. The number of aliphatic hydroxyl groups excluding tert-OH is 1. The lowest BCUT2D eigenvalue weighted by atomic mass is 10.1. The lowest BCUT2D eigenvalue weighted by Gasteiger charge is -2.22. The molecular formula is C26H32N4O4. The first-order valence-corrected chi connectivity index (χ1v) is 11.7. The van der Waals surface area contributed by atoms with Crippen molar-refractivity contribution in [3.8, 4) is 17.0 Å². The van der Waals surface area contributed by atoms with Crippen LogP contribution in [0.25, 0.3) is 22.2 Å². The third-order valence-electron chi connectivity index (χ3n) is 5.97. The minimum Gasteiger partial charge on any atom is -0.492 e. The summed E-state index contributed by atoms with van der Waals surface area (Å²) in [6.45, 7) is 5.33. The molecule has 1 aromatic heterocycles. The molecule has 1 aliphatic rings. The zero-order valence-corrected chi connectivity index (χ0v) is 19.7. The van der Waals surface area contributed by atoms with E-state index in [2.05, 4.69) is 21.6 Å². The van der Waals surface area contributed by atoms with Gasteiger partial charge in [0.2, 0.25) is 0 Å². The lowest BCUT2D eigenvalue weighted by molar-refractivity contribution is 0.168. The normalized spacial score (nSPS) is 15.5. The number of aromatic nitrogens is 1. The average molecular weight is 465 g/mol. The van der Waals surface area contributed by atoms with Gasteiger partial charge in [0.25, 0.3) is 0 Å². The first-order chi connectivity index (χ1) is 16.6. The number of aliphatic hydroxyl groups is 1. The van der Waals surface area contributed by atoms with Gasteiger partial charge in [-0.1, -0.05) is 0 Å². The SMILES string of the molecule is CCOC(=O)Nc1ccc2c(N3CCC(CO)C3)cc(-c3ccc(OCCNC)cc3)nc2c1. The molecule has 1 amide bonds. The van der Waals surface area contributed by atoms with Crippen molar-refractivity contribution in [3.05, 3.63) is 48.5 Å². The number of anilines is 2. The minimum atomic E-state index is -0.488. The second-order valence-electron chi connectivity index (χ2n) is 8.36. The number of hydrogen-bond acceptors (Lipinski definition) is 7. The molecule has 0 spiro atoms. The van der Waals surface area contributed by atoms with Crippen molar-refractivity contribution in [2.24, 2.45) is 5.92 Å². The van der Waals surface area contributed by atoms with Gasteiger partial charge >= 0.3 is 6.09 Å². The third-order valence-corrected chi connectivity index (χ3v) is 5.97. The summed E-state index contributed by atoms with van der Waals surface area (Å²) < 4.78 is 10.8. The highest BCUT2D eigenvalue weighted by Crippen LogP contribution is 2.35. The van der Waals surface area contributed by atoms with Gasteiger partial charge in [-0.15, -0.1) is 0 Å². The van der Waals surface area contributed by atoms with Gasteiger partial charge in [-0.05, 0) is 68.9 Å². The Balaban J connectivity index is 1.69. The van der Waals surface area contributed by atoms with E-state index >= 15 is 0 Å². The van der Waals surface area contributed by atoms with Crippen molar-refractivity contribution in [1.82, 2.24) is 10.3 Å². The molecule has 0 bridgehead atoms. The summed E-state index contributed by atoms with van der Waals surface area (Å²) in [6.07, 6.45) is 0.467. The number of rotatable bonds is 9. The summed E-state index contributed by atoms with van der Waals surface area (Å²) in [5.74, 6) is 1.08. The Hall–Kier alpha value is -3.36. The van der Waals surface area contributed by atoms with E-state index in [4.69, 9.17) is 14.5 Å². The second-order valence-corrected chi connectivity index (χ2v) is 8.36. The number of pyridine rings is 1. The van der Waals surface area contributed by atoms with Gasteiger partial charge < -0.3 is 24.8 Å². The van der Waals surface area contributed by atoms with Crippen molar-refractivity contribution in [3.63, 3.8) is 0 Å². The van der Waals surface area contributed by atoms with Crippen LogP contribution in [0.4, 0.5) is 16.2 Å². The molecule has 1 fully saturated rings. The highest BCUT2D eigenvalue weighted by atomic mass is 16.5. The second kappa shape index (κ2) is 11.2. The fourth-order valence-corrected chi connectivity index (χ4v) is 4.18. The number of carbonyl (C=O) groups excluding carboxylic acids is 1. The summed E-state index contributed by atoms with van der Waals surface area (Å²) >= 11 is 0. The highest BCUT2D eigenvalue weighted by Gasteiger charge is 2.24. The Morgan fingerprint density at radius 3 is 2.74 bits per heavy atom. The van der Waals surface area contributed by atoms with Gasteiger partial charge in [0.15, 0.2) is 0 Å². The molecule has 1 aliphatic heterocycles. The number of amides is 1. The first-order valence-electron chi connectivity index (χ1n) is 11.7. The predicted molar refractivity (Wildman–Crippen MR) is 135 cm³/mol. The van der Waals surface area contributed by atoms with E-state index < -0.39 is 6.09 Å². The summed E-state index contributed by atoms with van der Waals surface area (Å²) in [7, 11) is 1.90. The summed E-state index contributed by atoms with van der Waals surface area (Å²) in [5.41, 5.74) is 4.30. The topological polar surface area (TPSA) is 96.0 Å². The summed E-state index contributed by atoms with van der Waals surface area (Å²) in [5, 5.41) is 16.5. The Morgan fingerprint density at radius 1 is 1.21 bits per heavy atom. The quantitative estimate of drug-likeness (QED) is 0.414. The standard InChI is InChI=1S/C26H32N4O4/c1-3-33-26(32)28-20-6-9-22-24(14-20)29-23(15-25(22)30-12-10-18(16-30)17-31)19-4-7-21(8-5-19)34-13-11-27-2/h4-9,14-15,18,27,31H,3,10-13,16-17H2,1-2H3,(H,28,32). The van der Waals surface area contributed by atoms with Crippen LogP contribution in [0, 0.1) is 5.92 Å². The van der Waals surface area contributed by atoms with Gasteiger partial charge in [-0.3, -0.25) is 5.32 Å². The van der Waals surface area contributed by atoms with Gasteiger partial charge in [0.05, 0.1) is 17.8 Å². The maximum atomic E-state index is 11.9. The molecular weight excluding hydrogens is 432 g/mol. The smallest absolute Gasteiger partial charge is 0.411 e. The van der Waals surface area contributed by atoms with E-state index in [9.17, 15) is 9.90 Å². The molecule has 2 aromatic carbocycles. The van der Waals surface area contributed by atoms with Crippen LogP contribution in [0.5, 0.6) is 5.75 Å². The Labute approximate surface area is 199 Å². The number of likely N-dealkylation sites (N-methyl/N-ethyl adjacent to an activating group) is 1. The molecule has 180 valence electrons. The van der Waals surface area contributed by atoms with Crippen LogP contribution in [-0.2, 0) is 4.74 Å². The maximum Gasteiger partial charge on any atom is 0.411 e. The molecule has 2 heterocycles. The number of ether oxygens (including phenoxy) is 2. The third kappa shape index (κ3) is 5.58. The van der Waals surface area contributed by atoms with Crippen LogP contribution >= 0.6 is 0 Å². The summed E-state index contributed by atoms with van der Waals surface area (Å²) in [4.78, 5) is 19.1. The zero-order chi connectivity index (χ0) is 23.9. The molecule has 1 saturated heterocycles. The number of carbonyl (C=O) groups is 1.